The predicted octanol–water partition coefficient (Wildman–Crippen LogP) is 2.05. The van der Waals surface area contributed by atoms with Crippen molar-refractivity contribution < 1.29 is 9.53 Å². The van der Waals surface area contributed by atoms with E-state index in [1.54, 1.807) is 0 Å². The van der Waals surface area contributed by atoms with Crippen molar-refractivity contribution in [2.24, 2.45) is 0 Å². The summed E-state index contributed by atoms with van der Waals surface area (Å²) in [5.41, 5.74) is 1.30. The van der Waals surface area contributed by atoms with E-state index in [1.807, 2.05) is 0 Å². The average Bonchev–Trinajstić information content (AvgIpc) is 2.93. The van der Waals surface area contributed by atoms with Gasteiger partial charge in [0.1, 0.15) is 0 Å². The standard InChI is InChI=1S/C20H31N3O2/c24-20(17-22-12-14-25-15-13-22)21-16-19(18-8-4-3-5-9-18)23-10-6-1-2-7-11-23/h3-5,8-9,19H,1-2,6-7,10-17H2,(H,21,24)/t19-/m0/s1. The van der Waals surface area contributed by atoms with E-state index < -0.39 is 0 Å². The summed E-state index contributed by atoms with van der Waals surface area (Å²) in [5.74, 6) is 0.123. The van der Waals surface area contributed by atoms with Crippen LogP contribution in [0.1, 0.15) is 37.3 Å². The minimum atomic E-state index is 0.123. The summed E-state index contributed by atoms with van der Waals surface area (Å²) >= 11 is 0. The normalized spacial score (nSPS) is 21.4. The molecule has 0 radical (unpaired) electrons. The van der Waals surface area contributed by atoms with Crippen LogP contribution in [-0.2, 0) is 9.53 Å². The van der Waals surface area contributed by atoms with Gasteiger partial charge in [-0.1, -0.05) is 43.2 Å². The molecule has 2 heterocycles. The molecule has 0 saturated carbocycles. The third-order valence-corrected chi connectivity index (χ3v) is 5.23. The Hall–Kier alpha value is -1.43. The van der Waals surface area contributed by atoms with Crippen molar-refractivity contribution in [3.8, 4) is 0 Å². The number of amides is 1. The average molecular weight is 345 g/mol. The topological polar surface area (TPSA) is 44.8 Å². The van der Waals surface area contributed by atoms with E-state index in [1.165, 1.54) is 31.2 Å². The number of nitrogens with one attached hydrogen (secondary N) is 1. The first-order valence-corrected chi connectivity index (χ1v) is 9.69. The van der Waals surface area contributed by atoms with Crippen molar-refractivity contribution in [1.82, 2.24) is 15.1 Å². The Balaban J connectivity index is 1.58. The molecule has 0 aromatic heterocycles. The molecule has 2 aliphatic heterocycles. The molecule has 0 spiro atoms. The molecule has 0 bridgehead atoms. The second kappa shape index (κ2) is 9.90. The molecule has 138 valence electrons. The molecular formula is C20H31N3O2. The largest absolute Gasteiger partial charge is 0.379 e. The molecular weight excluding hydrogens is 314 g/mol. The van der Waals surface area contributed by atoms with E-state index in [-0.39, 0.29) is 11.9 Å². The van der Waals surface area contributed by atoms with Crippen LogP contribution in [0.4, 0.5) is 0 Å². The molecule has 0 unspecified atom stereocenters. The number of hydrogen-bond acceptors (Lipinski definition) is 4. The van der Waals surface area contributed by atoms with Gasteiger partial charge in [-0.05, 0) is 31.5 Å². The quantitative estimate of drug-likeness (QED) is 0.857. The number of carbonyl (C=O) groups excluding carboxylic acids is 1. The van der Waals surface area contributed by atoms with Crippen LogP contribution in [0.2, 0.25) is 0 Å². The molecule has 5 nitrogen and oxygen atoms in total. The van der Waals surface area contributed by atoms with Gasteiger partial charge in [0.15, 0.2) is 0 Å². The number of morpholine rings is 1. The minimum Gasteiger partial charge on any atom is -0.379 e. The van der Waals surface area contributed by atoms with Gasteiger partial charge in [-0.2, -0.15) is 0 Å². The van der Waals surface area contributed by atoms with Gasteiger partial charge >= 0.3 is 0 Å². The monoisotopic (exact) mass is 345 g/mol. The molecule has 1 amide bonds. The van der Waals surface area contributed by atoms with Crippen LogP contribution in [0, 0.1) is 0 Å². The van der Waals surface area contributed by atoms with Gasteiger partial charge < -0.3 is 10.1 Å². The van der Waals surface area contributed by atoms with E-state index in [2.05, 4.69) is 45.4 Å². The highest BCUT2D eigenvalue weighted by atomic mass is 16.5. The summed E-state index contributed by atoms with van der Waals surface area (Å²) in [4.78, 5) is 17.1. The Morgan fingerprint density at radius 3 is 2.36 bits per heavy atom. The molecule has 25 heavy (non-hydrogen) atoms. The second-order valence-corrected chi connectivity index (χ2v) is 7.07. The SMILES string of the molecule is O=C(CN1CCOCC1)NC[C@@H](c1ccccc1)N1CCCCCC1. The highest BCUT2D eigenvalue weighted by molar-refractivity contribution is 5.78. The van der Waals surface area contributed by atoms with Gasteiger partial charge in [-0.3, -0.25) is 14.6 Å². The molecule has 1 aromatic rings. The number of ether oxygens (including phenoxy) is 1. The fraction of sp³-hybridized carbons (Fsp3) is 0.650. The van der Waals surface area contributed by atoms with Crippen molar-refractivity contribution in [3.63, 3.8) is 0 Å². The first kappa shape index (κ1) is 18.4. The number of benzene rings is 1. The Morgan fingerprint density at radius 1 is 1.00 bits per heavy atom. The van der Waals surface area contributed by atoms with Gasteiger partial charge in [-0.15, -0.1) is 0 Å². The third-order valence-electron chi connectivity index (χ3n) is 5.23. The summed E-state index contributed by atoms with van der Waals surface area (Å²) in [6.07, 6.45) is 5.15. The summed E-state index contributed by atoms with van der Waals surface area (Å²) < 4.78 is 5.35. The van der Waals surface area contributed by atoms with Crippen molar-refractivity contribution in [2.45, 2.75) is 31.7 Å². The molecule has 0 aliphatic carbocycles. The molecule has 3 rings (SSSR count). The van der Waals surface area contributed by atoms with Gasteiger partial charge in [-0.25, -0.2) is 0 Å². The lowest BCUT2D eigenvalue weighted by Crippen LogP contribution is -2.45. The minimum absolute atomic E-state index is 0.123. The number of nitrogens with zero attached hydrogens (tertiary/aromatic N) is 2. The summed E-state index contributed by atoms with van der Waals surface area (Å²) in [6, 6.07) is 10.9. The third kappa shape index (κ3) is 5.80. The maximum Gasteiger partial charge on any atom is 0.234 e. The number of likely N-dealkylation sites (tertiary alicyclic amines) is 1. The van der Waals surface area contributed by atoms with Crippen molar-refractivity contribution in [3.05, 3.63) is 35.9 Å². The number of carbonyl (C=O) groups is 1. The molecule has 5 heteroatoms. The van der Waals surface area contributed by atoms with Crippen LogP contribution in [-0.4, -0.2) is 68.2 Å². The van der Waals surface area contributed by atoms with Gasteiger partial charge in [0, 0.05) is 19.6 Å². The van der Waals surface area contributed by atoms with Crippen molar-refractivity contribution in [2.75, 3.05) is 52.5 Å². The zero-order valence-corrected chi connectivity index (χ0v) is 15.2. The maximum atomic E-state index is 12.4. The van der Waals surface area contributed by atoms with Gasteiger partial charge in [0.05, 0.1) is 25.8 Å². The predicted molar refractivity (Wildman–Crippen MR) is 99.5 cm³/mol. The smallest absolute Gasteiger partial charge is 0.234 e. The Kier molecular flexibility index (Phi) is 7.27. The van der Waals surface area contributed by atoms with E-state index >= 15 is 0 Å². The number of hydrogen-bond donors (Lipinski definition) is 1. The molecule has 1 atom stereocenters. The Morgan fingerprint density at radius 2 is 1.68 bits per heavy atom. The first-order valence-electron chi connectivity index (χ1n) is 9.69. The highest BCUT2D eigenvalue weighted by Gasteiger charge is 2.22. The van der Waals surface area contributed by atoms with Gasteiger partial charge in [0.2, 0.25) is 5.91 Å². The Labute approximate surface area is 151 Å². The number of rotatable bonds is 6. The van der Waals surface area contributed by atoms with Crippen LogP contribution < -0.4 is 5.32 Å². The fourth-order valence-electron chi connectivity index (χ4n) is 3.77. The lowest BCUT2D eigenvalue weighted by molar-refractivity contribution is -0.123. The van der Waals surface area contributed by atoms with Crippen LogP contribution in [0.15, 0.2) is 30.3 Å². The summed E-state index contributed by atoms with van der Waals surface area (Å²) in [6.45, 7) is 6.57. The first-order chi connectivity index (χ1) is 12.3. The van der Waals surface area contributed by atoms with Crippen LogP contribution in [0.25, 0.3) is 0 Å². The van der Waals surface area contributed by atoms with Crippen LogP contribution in [0.5, 0.6) is 0 Å². The molecule has 2 aliphatic rings. The van der Waals surface area contributed by atoms with Gasteiger partial charge in [0.25, 0.3) is 0 Å². The zero-order chi connectivity index (χ0) is 17.3. The molecule has 1 aromatic carbocycles. The molecule has 1 N–H and O–H groups in total. The van der Waals surface area contributed by atoms with Crippen LogP contribution >= 0.6 is 0 Å². The van der Waals surface area contributed by atoms with E-state index in [0.717, 1.165) is 39.4 Å². The van der Waals surface area contributed by atoms with Crippen molar-refractivity contribution >= 4 is 5.91 Å². The van der Waals surface area contributed by atoms with E-state index in [0.29, 0.717) is 13.1 Å². The highest BCUT2D eigenvalue weighted by Crippen LogP contribution is 2.23. The van der Waals surface area contributed by atoms with Crippen LogP contribution in [0.3, 0.4) is 0 Å². The van der Waals surface area contributed by atoms with E-state index in [9.17, 15) is 4.79 Å². The fourth-order valence-corrected chi connectivity index (χ4v) is 3.77. The lowest BCUT2D eigenvalue weighted by atomic mass is 10.0. The lowest BCUT2D eigenvalue weighted by Gasteiger charge is -2.32. The Bertz CT molecular complexity index is 509. The van der Waals surface area contributed by atoms with Crippen molar-refractivity contribution in [1.29, 1.82) is 0 Å². The van der Waals surface area contributed by atoms with E-state index in [4.69, 9.17) is 4.74 Å². The maximum absolute atomic E-state index is 12.4. The summed E-state index contributed by atoms with van der Waals surface area (Å²) in [5, 5.41) is 3.18. The second-order valence-electron chi connectivity index (χ2n) is 7.07. The summed E-state index contributed by atoms with van der Waals surface area (Å²) in [7, 11) is 0. The molecule has 2 saturated heterocycles. The molecule has 2 fully saturated rings. The zero-order valence-electron chi connectivity index (χ0n) is 15.2.